The standard InChI is InChI=1S/C21H23NO2S2/c1-24-20-11-3-2-7-17(20)15-22(16-19-10-6-14-26-19)21(23)12-4-8-18-9-5-13-25-18/h2-3,5-7,9-11,13-14H,4,8,12,15-16H2,1H3. The van der Waals surface area contributed by atoms with Gasteiger partial charge < -0.3 is 9.64 Å². The van der Waals surface area contributed by atoms with Crippen LogP contribution in [0.1, 0.15) is 28.2 Å². The highest BCUT2D eigenvalue weighted by Crippen LogP contribution is 2.22. The molecule has 3 rings (SSSR count). The quantitative estimate of drug-likeness (QED) is 0.495. The summed E-state index contributed by atoms with van der Waals surface area (Å²) in [5, 5.41) is 4.14. The minimum Gasteiger partial charge on any atom is -0.496 e. The first kappa shape index (κ1) is 18.7. The third kappa shape index (κ3) is 5.19. The SMILES string of the molecule is COc1ccccc1CN(Cc1cccs1)C(=O)CCCc1cccs1. The predicted octanol–water partition coefficient (Wildman–Crippen LogP) is 5.37. The highest BCUT2D eigenvalue weighted by atomic mass is 32.1. The van der Waals surface area contributed by atoms with Gasteiger partial charge >= 0.3 is 0 Å². The van der Waals surface area contributed by atoms with Crippen molar-refractivity contribution >= 4 is 28.6 Å². The van der Waals surface area contributed by atoms with Crippen molar-refractivity contribution in [2.75, 3.05) is 7.11 Å². The Morgan fingerprint density at radius 3 is 2.38 bits per heavy atom. The third-order valence-electron chi connectivity index (χ3n) is 4.23. The van der Waals surface area contributed by atoms with Crippen LogP contribution in [0.4, 0.5) is 0 Å². The molecule has 0 N–H and O–H groups in total. The number of nitrogens with zero attached hydrogens (tertiary/aromatic N) is 1. The van der Waals surface area contributed by atoms with Gasteiger partial charge in [0.05, 0.1) is 13.7 Å². The number of carbonyl (C=O) groups excluding carboxylic acids is 1. The van der Waals surface area contributed by atoms with Gasteiger partial charge in [0.1, 0.15) is 5.75 Å². The van der Waals surface area contributed by atoms with Gasteiger partial charge in [-0.1, -0.05) is 30.3 Å². The van der Waals surface area contributed by atoms with E-state index in [2.05, 4.69) is 29.0 Å². The summed E-state index contributed by atoms with van der Waals surface area (Å²) in [5.74, 6) is 1.02. The molecule has 0 bridgehead atoms. The van der Waals surface area contributed by atoms with Crippen molar-refractivity contribution in [1.29, 1.82) is 0 Å². The molecule has 3 aromatic rings. The maximum atomic E-state index is 12.9. The maximum absolute atomic E-state index is 12.9. The molecule has 2 heterocycles. The minimum atomic E-state index is 0.195. The number of rotatable bonds is 9. The summed E-state index contributed by atoms with van der Waals surface area (Å²) in [5.41, 5.74) is 1.04. The van der Waals surface area contributed by atoms with Gasteiger partial charge in [-0.3, -0.25) is 4.79 Å². The van der Waals surface area contributed by atoms with Crippen molar-refractivity contribution in [3.05, 3.63) is 74.6 Å². The number of benzene rings is 1. The Hall–Kier alpha value is -2.11. The van der Waals surface area contributed by atoms with Crippen molar-refractivity contribution in [2.45, 2.75) is 32.4 Å². The molecule has 0 atom stereocenters. The maximum Gasteiger partial charge on any atom is 0.223 e. The van der Waals surface area contributed by atoms with Gasteiger partial charge in [-0.2, -0.15) is 0 Å². The molecule has 0 unspecified atom stereocenters. The van der Waals surface area contributed by atoms with E-state index < -0.39 is 0 Å². The first-order valence-electron chi connectivity index (χ1n) is 8.70. The summed E-state index contributed by atoms with van der Waals surface area (Å²) in [6.45, 7) is 1.22. The van der Waals surface area contributed by atoms with Gasteiger partial charge in [0.25, 0.3) is 0 Å². The second-order valence-electron chi connectivity index (χ2n) is 6.07. The van der Waals surface area contributed by atoms with Crippen molar-refractivity contribution in [1.82, 2.24) is 4.90 Å². The number of amides is 1. The molecule has 1 amide bonds. The number of ether oxygens (including phenoxy) is 1. The Labute approximate surface area is 162 Å². The first-order valence-corrected chi connectivity index (χ1v) is 10.5. The van der Waals surface area contributed by atoms with E-state index in [0.717, 1.165) is 24.2 Å². The van der Waals surface area contributed by atoms with Crippen LogP contribution in [-0.4, -0.2) is 17.9 Å². The molecular weight excluding hydrogens is 362 g/mol. The third-order valence-corrected chi connectivity index (χ3v) is 6.02. The molecule has 0 aliphatic rings. The molecule has 0 aliphatic carbocycles. The molecule has 136 valence electrons. The normalized spacial score (nSPS) is 10.7. The highest BCUT2D eigenvalue weighted by Gasteiger charge is 2.17. The molecule has 0 saturated heterocycles. The van der Waals surface area contributed by atoms with Gasteiger partial charge in [-0.05, 0) is 41.8 Å². The summed E-state index contributed by atoms with van der Waals surface area (Å²) < 4.78 is 5.46. The van der Waals surface area contributed by atoms with Crippen LogP contribution in [0.5, 0.6) is 5.75 Å². The van der Waals surface area contributed by atoms with Crippen LogP contribution >= 0.6 is 22.7 Å². The van der Waals surface area contributed by atoms with Crippen molar-refractivity contribution in [3.63, 3.8) is 0 Å². The second-order valence-corrected chi connectivity index (χ2v) is 8.14. The van der Waals surface area contributed by atoms with Gasteiger partial charge in [0.15, 0.2) is 0 Å². The van der Waals surface area contributed by atoms with Gasteiger partial charge in [0, 0.05) is 28.3 Å². The summed E-state index contributed by atoms with van der Waals surface area (Å²) in [6.07, 6.45) is 2.41. The smallest absolute Gasteiger partial charge is 0.223 e. The predicted molar refractivity (Wildman–Crippen MR) is 109 cm³/mol. The fraction of sp³-hybridized carbons (Fsp3) is 0.286. The summed E-state index contributed by atoms with van der Waals surface area (Å²) in [6, 6.07) is 16.2. The molecule has 0 spiro atoms. The van der Waals surface area contributed by atoms with Gasteiger partial charge in [0.2, 0.25) is 5.91 Å². The molecule has 0 aliphatic heterocycles. The van der Waals surface area contributed by atoms with Gasteiger partial charge in [-0.25, -0.2) is 0 Å². The van der Waals surface area contributed by atoms with E-state index in [1.54, 1.807) is 29.8 Å². The van der Waals surface area contributed by atoms with E-state index in [-0.39, 0.29) is 5.91 Å². The number of hydrogen-bond donors (Lipinski definition) is 0. The highest BCUT2D eigenvalue weighted by molar-refractivity contribution is 7.10. The van der Waals surface area contributed by atoms with Crippen molar-refractivity contribution in [3.8, 4) is 5.75 Å². The lowest BCUT2D eigenvalue weighted by molar-refractivity contribution is -0.132. The van der Waals surface area contributed by atoms with E-state index in [9.17, 15) is 4.79 Å². The number of thiophene rings is 2. The summed E-state index contributed by atoms with van der Waals surface area (Å²) >= 11 is 3.44. The van der Waals surface area contributed by atoms with Crippen LogP contribution in [0.25, 0.3) is 0 Å². The molecule has 26 heavy (non-hydrogen) atoms. The van der Waals surface area contributed by atoms with E-state index >= 15 is 0 Å². The fourth-order valence-electron chi connectivity index (χ4n) is 2.89. The molecule has 3 nitrogen and oxygen atoms in total. The first-order chi connectivity index (χ1) is 12.8. The zero-order valence-corrected chi connectivity index (χ0v) is 16.5. The molecule has 5 heteroatoms. The average molecular weight is 386 g/mol. The largest absolute Gasteiger partial charge is 0.496 e. The molecule has 0 radical (unpaired) electrons. The summed E-state index contributed by atoms with van der Waals surface area (Å²) in [7, 11) is 1.67. The van der Waals surface area contributed by atoms with E-state index in [1.807, 2.05) is 35.2 Å². The van der Waals surface area contributed by atoms with Crippen LogP contribution in [0.15, 0.2) is 59.3 Å². The molecular formula is C21H23NO2S2. The lowest BCUT2D eigenvalue weighted by Gasteiger charge is -2.23. The van der Waals surface area contributed by atoms with E-state index in [0.29, 0.717) is 19.5 Å². The minimum absolute atomic E-state index is 0.195. The number of aryl methyl sites for hydroxylation is 1. The topological polar surface area (TPSA) is 29.5 Å². The summed E-state index contributed by atoms with van der Waals surface area (Å²) in [4.78, 5) is 17.4. The van der Waals surface area contributed by atoms with E-state index in [1.165, 1.54) is 9.75 Å². The second kappa shape index (κ2) is 9.55. The van der Waals surface area contributed by atoms with Gasteiger partial charge in [-0.15, -0.1) is 22.7 Å². The Morgan fingerprint density at radius 2 is 1.69 bits per heavy atom. The van der Waals surface area contributed by atoms with Crippen LogP contribution in [0, 0.1) is 0 Å². The average Bonchev–Trinajstić information content (AvgIpc) is 3.35. The molecule has 2 aromatic heterocycles. The van der Waals surface area contributed by atoms with E-state index in [4.69, 9.17) is 4.74 Å². The number of methoxy groups -OCH3 is 1. The van der Waals surface area contributed by atoms with Crippen LogP contribution in [-0.2, 0) is 24.3 Å². The van der Waals surface area contributed by atoms with Crippen molar-refractivity contribution < 1.29 is 9.53 Å². The lowest BCUT2D eigenvalue weighted by Crippen LogP contribution is -2.29. The monoisotopic (exact) mass is 385 g/mol. The zero-order chi connectivity index (χ0) is 18.2. The Balaban J connectivity index is 1.66. The number of para-hydroxylation sites is 1. The lowest BCUT2D eigenvalue weighted by atomic mass is 10.1. The van der Waals surface area contributed by atoms with Crippen LogP contribution < -0.4 is 4.74 Å². The van der Waals surface area contributed by atoms with Crippen LogP contribution in [0.2, 0.25) is 0 Å². The Morgan fingerprint density at radius 1 is 0.962 bits per heavy atom. The molecule has 0 fully saturated rings. The van der Waals surface area contributed by atoms with Crippen LogP contribution in [0.3, 0.4) is 0 Å². The number of carbonyl (C=O) groups is 1. The Bertz CT molecular complexity index is 797. The molecule has 0 saturated carbocycles. The van der Waals surface area contributed by atoms with Crippen molar-refractivity contribution in [2.24, 2.45) is 0 Å². The zero-order valence-electron chi connectivity index (χ0n) is 14.9. The Kier molecular flexibility index (Phi) is 6.86. The fourth-order valence-corrected chi connectivity index (χ4v) is 4.36. The molecule has 1 aromatic carbocycles. The number of hydrogen-bond acceptors (Lipinski definition) is 4.